The number of urea groups is 1. The van der Waals surface area contributed by atoms with Gasteiger partial charge in [-0.25, -0.2) is 9.78 Å². The number of nitrogens with zero attached hydrogens (tertiary/aromatic N) is 1. The van der Waals surface area contributed by atoms with E-state index in [0.717, 1.165) is 12.8 Å². The van der Waals surface area contributed by atoms with Gasteiger partial charge in [0.1, 0.15) is 0 Å². The minimum atomic E-state index is -2.91. The van der Waals surface area contributed by atoms with Gasteiger partial charge in [0.25, 0.3) is 0 Å². The summed E-state index contributed by atoms with van der Waals surface area (Å²) in [6.45, 7) is -2.66. The van der Waals surface area contributed by atoms with Crippen molar-refractivity contribution < 1.29 is 18.3 Å². The molecule has 0 radical (unpaired) electrons. The van der Waals surface area contributed by atoms with Crippen LogP contribution in [0.15, 0.2) is 18.3 Å². The Morgan fingerprint density at radius 2 is 2.23 bits per heavy atom. The number of halogens is 2. The molecule has 2 fully saturated rings. The number of carbonyl (C=O) groups is 1. The highest BCUT2D eigenvalue weighted by molar-refractivity contribution is 5.74. The molecule has 120 valence electrons. The van der Waals surface area contributed by atoms with Crippen molar-refractivity contribution in [1.29, 1.82) is 0 Å². The third kappa shape index (κ3) is 3.45. The van der Waals surface area contributed by atoms with E-state index in [2.05, 4.69) is 20.4 Å². The number of alkyl halides is 2. The number of pyridine rings is 1. The fourth-order valence-corrected chi connectivity index (χ4v) is 3.31. The van der Waals surface area contributed by atoms with Gasteiger partial charge in [0.2, 0.25) is 5.88 Å². The topological polar surface area (TPSA) is 63.2 Å². The summed E-state index contributed by atoms with van der Waals surface area (Å²) in [5, 5.41) is 5.66. The lowest BCUT2D eigenvalue weighted by atomic mass is 9.54. The van der Waals surface area contributed by atoms with Gasteiger partial charge in [0.15, 0.2) is 0 Å². The fraction of sp³-hybridized carbons (Fsp3) is 0.600. The van der Waals surface area contributed by atoms with Gasteiger partial charge in [0.05, 0.1) is 0 Å². The van der Waals surface area contributed by atoms with E-state index in [4.69, 9.17) is 0 Å². The van der Waals surface area contributed by atoms with E-state index in [1.54, 1.807) is 6.07 Å². The Morgan fingerprint density at radius 3 is 2.86 bits per heavy atom. The number of nitrogens with one attached hydrogen (secondary N) is 2. The van der Waals surface area contributed by atoms with Crippen molar-refractivity contribution in [3.8, 4) is 5.88 Å². The van der Waals surface area contributed by atoms with Crippen molar-refractivity contribution in [2.75, 3.05) is 0 Å². The van der Waals surface area contributed by atoms with E-state index in [1.165, 1.54) is 31.5 Å². The van der Waals surface area contributed by atoms with E-state index < -0.39 is 6.61 Å². The summed E-state index contributed by atoms with van der Waals surface area (Å²) in [6.07, 6.45) is 7.40. The van der Waals surface area contributed by atoms with Gasteiger partial charge in [-0.15, -0.1) is 0 Å². The molecule has 0 aromatic carbocycles. The molecular weight excluding hydrogens is 292 g/mol. The van der Waals surface area contributed by atoms with Gasteiger partial charge in [-0.05, 0) is 42.7 Å². The van der Waals surface area contributed by atoms with Gasteiger partial charge >= 0.3 is 12.6 Å². The van der Waals surface area contributed by atoms with Crippen LogP contribution < -0.4 is 15.4 Å². The molecule has 2 N–H and O–H groups in total. The number of hydrogen-bond donors (Lipinski definition) is 2. The molecule has 7 heteroatoms. The van der Waals surface area contributed by atoms with Crippen LogP contribution in [0.4, 0.5) is 13.6 Å². The van der Waals surface area contributed by atoms with Gasteiger partial charge in [-0.1, -0.05) is 6.42 Å². The van der Waals surface area contributed by atoms with Gasteiger partial charge < -0.3 is 15.4 Å². The van der Waals surface area contributed by atoms with Crippen LogP contribution in [0, 0.1) is 5.41 Å². The van der Waals surface area contributed by atoms with E-state index in [0.29, 0.717) is 11.0 Å². The van der Waals surface area contributed by atoms with Gasteiger partial charge in [0, 0.05) is 24.8 Å². The highest BCUT2D eigenvalue weighted by Crippen LogP contribution is 2.55. The molecule has 0 aliphatic heterocycles. The average molecular weight is 311 g/mol. The maximum absolute atomic E-state index is 12.1. The number of amides is 2. The van der Waals surface area contributed by atoms with Gasteiger partial charge in [-0.2, -0.15) is 8.78 Å². The molecule has 0 unspecified atom stereocenters. The highest BCUT2D eigenvalue weighted by Gasteiger charge is 2.48. The molecule has 5 nitrogen and oxygen atoms in total. The first-order chi connectivity index (χ1) is 10.5. The molecule has 1 spiro atoms. The average Bonchev–Trinajstić information content (AvgIpc) is 2.37. The normalized spacial score (nSPS) is 19.4. The summed E-state index contributed by atoms with van der Waals surface area (Å²) < 4.78 is 28.4. The Kier molecular flexibility index (Phi) is 4.13. The number of aromatic nitrogens is 1. The molecule has 0 atom stereocenters. The van der Waals surface area contributed by atoms with E-state index in [-0.39, 0.29) is 24.5 Å². The summed E-state index contributed by atoms with van der Waals surface area (Å²) in [5.74, 6) is -0.152. The molecule has 2 aliphatic rings. The molecule has 1 heterocycles. The first-order valence-electron chi connectivity index (χ1n) is 7.49. The summed E-state index contributed by atoms with van der Waals surface area (Å²) in [6, 6.07) is 3.06. The van der Waals surface area contributed by atoms with Crippen LogP contribution in [0.2, 0.25) is 0 Å². The Balaban J connectivity index is 1.41. The van der Waals surface area contributed by atoms with Crippen molar-refractivity contribution in [3.63, 3.8) is 0 Å². The Bertz CT molecular complexity index is 541. The van der Waals surface area contributed by atoms with Crippen LogP contribution in [-0.4, -0.2) is 23.7 Å². The molecule has 3 rings (SSSR count). The van der Waals surface area contributed by atoms with E-state index in [9.17, 15) is 13.6 Å². The predicted molar refractivity (Wildman–Crippen MR) is 75.5 cm³/mol. The second-order valence-electron chi connectivity index (χ2n) is 6.17. The zero-order valence-corrected chi connectivity index (χ0v) is 12.1. The van der Waals surface area contributed by atoms with Crippen LogP contribution in [0.3, 0.4) is 0 Å². The Hall–Kier alpha value is -1.92. The summed E-state index contributed by atoms with van der Waals surface area (Å²) in [7, 11) is 0. The molecular formula is C15H19F2N3O2. The zero-order valence-electron chi connectivity index (χ0n) is 12.1. The number of ether oxygens (including phenoxy) is 1. The van der Waals surface area contributed by atoms with Crippen molar-refractivity contribution in [1.82, 2.24) is 15.6 Å². The maximum Gasteiger partial charge on any atom is 0.388 e. The Morgan fingerprint density at radius 1 is 1.45 bits per heavy atom. The lowest BCUT2D eigenvalue weighted by Gasteiger charge is -2.54. The highest BCUT2D eigenvalue weighted by atomic mass is 19.3. The molecule has 22 heavy (non-hydrogen) atoms. The molecule has 0 bridgehead atoms. The van der Waals surface area contributed by atoms with Crippen LogP contribution in [0.5, 0.6) is 5.88 Å². The van der Waals surface area contributed by atoms with Crippen LogP contribution in [-0.2, 0) is 6.54 Å². The van der Waals surface area contributed by atoms with Crippen LogP contribution in [0.25, 0.3) is 0 Å². The van der Waals surface area contributed by atoms with Crippen molar-refractivity contribution in [2.45, 2.75) is 51.3 Å². The van der Waals surface area contributed by atoms with Crippen molar-refractivity contribution in [2.24, 2.45) is 5.41 Å². The Labute approximate surface area is 127 Å². The first-order valence-corrected chi connectivity index (χ1v) is 7.49. The summed E-state index contributed by atoms with van der Waals surface area (Å²) >= 11 is 0. The third-order valence-corrected chi connectivity index (χ3v) is 4.57. The number of carbonyl (C=O) groups excluding carboxylic acids is 1. The smallest absolute Gasteiger partial charge is 0.388 e. The zero-order chi connectivity index (χ0) is 15.6. The summed E-state index contributed by atoms with van der Waals surface area (Å²) in [5.41, 5.74) is 1.18. The standard InChI is InChI=1S/C15H19F2N3O2/c16-13(17)22-12-6-10(2-5-18-12)9-19-14(21)20-11-7-15(8-11)3-1-4-15/h2,5-6,11,13H,1,3-4,7-9H2,(H2,19,20,21). The van der Waals surface area contributed by atoms with Crippen LogP contribution in [0.1, 0.15) is 37.7 Å². The molecule has 1 aromatic heterocycles. The van der Waals surface area contributed by atoms with Crippen molar-refractivity contribution >= 4 is 6.03 Å². The second kappa shape index (κ2) is 6.06. The minimum Gasteiger partial charge on any atom is -0.417 e. The van der Waals surface area contributed by atoms with Crippen molar-refractivity contribution in [3.05, 3.63) is 23.9 Å². The van der Waals surface area contributed by atoms with E-state index >= 15 is 0 Å². The molecule has 1 aromatic rings. The molecule has 2 aliphatic carbocycles. The third-order valence-electron chi connectivity index (χ3n) is 4.57. The number of rotatable bonds is 5. The lowest BCUT2D eigenvalue weighted by Crippen LogP contribution is -2.55. The molecule has 2 saturated carbocycles. The summed E-state index contributed by atoms with van der Waals surface area (Å²) in [4.78, 5) is 15.5. The second-order valence-corrected chi connectivity index (χ2v) is 6.17. The minimum absolute atomic E-state index is 0.152. The van der Waals surface area contributed by atoms with E-state index in [1.807, 2.05) is 0 Å². The molecule has 2 amide bonds. The van der Waals surface area contributed by atoms with Gasteiger partial charge in [-0.3, -0.25) is 0 Å². The SMILES string of the molecule is O=C(NCc1ccnc(OC(F)F)c1)NC1CC2(CCC2)C1. The largest absolute Gasteiger partial charge is 0.417 e. The first kappa shape index (κ1) is 15.0. The lowest BCUT2D eigenvalue weighted by molar-refractivity contribution is -0.0529. The molecule has 0 saturated heterocycles. The quantitative estimate of drug-likeness (QED) is 0.879. The fourth-order valence-electron chi connectivity index (χ4n) is 3.31. The predicted octanol–water partition coefficient (Wildman–Crippen LogP) is 2.81. The monoisotopic (exact) mass is 311 g/mol. The number of hydrogen-bond acceptors (Lipinski definition) is 3. The van der Waals surface area contributed by atoms with Crippen LogP contribution >= 0.6 is 0 Å². The maximum atomic E-state index is 12.1.